The normalized spacial score (nSPS) is 11.5. The standard InChI is InChI=1S/C25H25FN6O3.H2S/c1-14(17-5-4-6-18-22(24(34)27-2)19(26)11-29-23(17)18)9-28-21-8-20(31-13-32-21)15-7-16(12-33)25(35-3)30-10-15;/h4-8,10-11,13-14,33H,9,12H2,1-3H3,(H,27,34)(H,28,31,32);1H2/t14-;/m1./s1. The fourth-order valence-corrected chi connectivity index (χ4v) is 3.89. The van der Waals surface area contributed by atoms with Crippen LogP contribution < -0.4 is 15.4 Å². The molecule has 0 aliphatic heterocycles. The molecule has 4 aromatic rings. The Morgan fingerprint density at radius 2 is 1.97 bits per heavy atom. The fourth-order valence-electron chi connectivity index (χ4n) is 3.89. The molecule has 0 aliphatic rings. The third-order valence-corrected chi connectivity index (χ3v) is 5.71. The monoisotopic (exact) mass is 510 g/mol. The maximum absolute atomic E-state index is 14.4. The number of para-hydroxylation sites is 1. The summed E-state index contributed by atoms with van der Waals surface area (Å²) in [5.41, 5.74) is 3.35. The highest BCUT2D eigenvalue weighted by Gasteiger charge is 2.19. The Labute approximate surface area is 214 Å². The minimum absolute atomic E-state index is 0. The lowest BCUT2D eigenvalue weighted by molar-refractivity contribution is 0.0960. The number of methoxy groups -OCH3 is 1. The molecule has 11 heteroatoms. The van der Waals surface area contributed by atoms with Crippen LogP contribution in [0.3, 0.4) is 0 Å². The van der Waals surface area contributed by atoms with Gasteiger partial charge in [-0.2, -0.15) is 13.5 Å². The van der Waals surface area contributed by atoms with Crippen molar-refractivity contribution in [1.82, 2.24) is 25.3 Å². The summed E-state index contributed by atoms with van der Waals surface area (Å²) in [6.45, 7) is 2.31. The van der Waals surface area contributed by atoms with E-state index in [0.717, 1.165) is 17.3 Å². The van der Waals surface area contributed by atoms with E-state index in [1.165, 1.54) is 20.5 Å². The zero-order valence-corrected chi connectivity index (χ0v) is 21.0. The van der Waals surface area contributed by atoms with Crippen LogP contribution in [0.5, 0.6) is 5.88 Å². The van der Waals surface area contributed by atoms with Crippen LogP contribution in [0.1, 0.15) is 34.3 Å². The van der Waals surface area contributed by atoms with Gasteiger partial charge < -0.3 is 20.5 Å². The van der Waals surface area contributed by atoms with Crippen molar-refractivity contribution < 1.29 is 19.0 Å². The number of aliphatic hydroxyl groups excluding tert-OH is 1. The number of hydrogen-bond acceptors (Lipinski definition) is 8. The van der Waals surface area contributed by atoms with Crippen molar-refractivity contribution in [3.05, 3.63) is 71.6 Å². The van der Waals surface area contributed by atoms with E-state index in [9.17, 15) is 14.3 Å². The lowest BCUT2D eigenvalue weighted by Gasteiger charge is -2.17. The van der Waals surface area contributed by atoms with Gasteiger partial charge >= 0.3 is 0 Å². The molecule has 0 bridgehead atoms. The summed E-state index contributed by atoms with van der Waals surface area (Å²) in [4.78, 5) is 29.3. The van der Waals surface area contributed by atoms with Gasteiger partial charge in [0.05, 0.1) is 36.7 Å². The van der Waals surface area contributed by atoms with E-state index in [0.29, 0.717) is 40.4 Å². The van der Waals surface area contributed by atoms with Crippen LogP contribution in [-0.4, -0.2) is 51.7 Å². The van der Waals surface area contributed by atoms with Crippen molar-refractivity contribution in [3.63, 3.8) is 0 Å². The fraction of sp³-hybridized carbons (Fsp3) is 0.240. The van der Waals surface area contributed by atoms with Crippen molar-refractivity contribution in [2.75, 3.05) is 26.0 Å². The molecule has 0 aliphatic carbocycles. The Balaban J connectivity index is 0.00000361. The first-order chi connectivity index (χ1) is 17.0. The second-order valence-electron chi connectivity index (χ2n) is 7.92. The van der Waals surface area contributed by atoms with E-state index < -0.39 is 11.7 Å². The zero-order valence-electron chi connectivity index (χ0n) is 20.0. The number of nitrogens with zero attached hydrogens (tertiary/aromatic N) is 4. The number of aliphatic hydroxyl groups is 1. The van der Waals surface area contributed by atoms with E-state index in [-0.39, 0.29) is 31.6 Å². The van der Waals surface area contributed by atoms with Crippen molar-refractivity contribution >= 4 is 36.1 Å². The van der Waals surface area contributed by atoms with Crippen molar-refractivity contribution in [2.24, 2.45) is 0 Å². The minimum atomic E-state index is -0.661. The van der Waals surface area contributed by atoms with Crippen LogP contribution in [0, 0.1) is 5.82 Å². The molecular formula is C25H27FN6O3S. The molecule has 0 saturated carbocycles. The van der Waals surface area contributed by atoms with Gasteiger partial charge in [0.1, 0.15) is 12.1 Å². The van der Waals surface area contributed by atoms with Gasteiger partial charge in [0, 0.05) is 48.3 Å². The predicted octanol–water partition coefficient (Wildman–Crippen LogP) is 3.41. The Kier molecular flexibility index (Phi) is 8.73. The molecule has 0 radical (unpaired) electrons. The Bertz CT molecular complexity index is 1390. The van der Waals surface area contributed by atoms with Crippen LogP contribution in [0.15, 0.2) is 49.1 Å². The van der Waals surface area contributed by atoms with Crippen molar-refractivity contribution in [3.8, 4) is 17.1 Å². The minimum Gasteiger partial charge on any atom is -0.481 e. The van der Waals surface area contributed by atoms with E-state index in [4.69, 9.17) is 4.74 Å². The highest BCUT2D eigenvalue weighted by atomic mass is 32.1. The Morgan fingerprint density at radius 3 is 2.69 bits per heavy atom. The number of hydrogen-bond donors (Lipinski definition) is 3. The molecule has 4 rings (SSSR count). The topological polar surface area (TPSA) is 122 Å². The lowest BCUT2D eigenvalue weighted by Crippen LogP contribution is -2.20. The number of amides is 1. The Morgan fingerprint density at radius 1 is 1.17 bits per heavy atom. The second-order valence-corrected chi connectivity index (χ2v) is 7.92. The van der Waals surface area contributed by atoms with Gasteiger partial charge in [0.2, 0.25) is 5.88 Å². The van der Waals surface area contributed by atoms with Crippen LogP contribution in [0.4, 0.5) is 10.2 Å². The van der Waals surface area contributed by atoms with Gasteiger partial charge in [-0.15, -0.1) is 0 Å². The SMILES string of the molecule is CNC(=O)c1c(F)cnc2c([C@H](C)CNc3cc(-c4cnc(OC)c(CO)c4)ncn3)cccc12.S. The van der Waals surface area contributed by atoms with Crippen LogP contribution in [0.25, 0.3) is 22.2 Å². The van der Waals surface area contributed by atoms with Gasteiger partial charge in [0.25, 0.3) is 5.91 Å². The molecule has 36 heavy (non-hydrogen) atoms. The van der Waals surface area contributed by atoms with Crippen molar-refractivity contribution in [2.45, 2.75) is 19.4 Å². The largest absolute Gasteiger partial charge is 0.481 e. The summed E-state index contributed by atoms with van der Waals surface area (Å²) in [5, 5.41) is 15.8. The van der Waals surface area contributed by atoms with Gasteiger partial charge in [0.15, 0.2) is 5.82 Å². The molecule has 188 valence electrons. The maximum Gasteiger partial charge on any atom is 0.254 e. The molecule has 0 unspecified atom stereocenters. The number of pyridine rings is 2. The number of carbonyl (C=O) groups excluding carboxylic acids is 1. The second kappa shape index (κ2) is 11.7. The molecule has 1 atom stereocenters. The third kappa shape index (κ3) is 5.37. The first kappa shape index (κ1) is 26.8. The summed E-state index contributed by atoms with van der Waals surface area (Å²) < 4.78 is 19.5. The molecule has 9 nitrogen and oxygen atoms in total. The van der Waals surface area contributed by atoms with E-state index in [1.807, 2.05) is 13.0 Å². The number of fused-ring (bicyclic) bond motifs is 1. The average molecular weight is 511 g/mol. The summed E-state index contributed by atoms with van der Waals surface area (Å²) in [5.74, 6) is -0.222. The molecule has 0 fully saturated rings. The molecule has 0 spiro atoms. The number of nitrogens with one attached hydrogen (secondary N) is 2. The summed E-state index contributed by atoms with van der Waals surface area (Å²) >= 11 is 0. The van der Waals surface area contributed by atoms with E-state index in [2.05, 4.69) is 30.6 Å². The number of aromatic nitrogens is 4. The predicted molar refractivity (Wildman–Crippen MR) is 140 cm³/mol. The lowest BCUT2D eigenvalue weighted by atomic mass is 9.96. The van der Waals surface area contributed by atoms with E-state index in [1.54, 1.807) is 30.5 Å². The number of ether oxygens (including phenoxy) is 1. The molecular weight excluding hydrogens is 483 g/mol. The molecule has 0 saturated heterocycles. The number of anilines is 1. The summed E-state index contributed by atoms with van der Waals surface area (Å²) in [6, 6.07) is 8.96. The quantitative estimate of drug-likeness (QED) is 0.330. The number of benzene rings is 1. The summed E-state index contributed by atoms with van der Waals surface area (Å²) in [7, 11) is 2.96. The average Bonchev–Trinajstić information content (AvgIpc) is 2.90. The van der Waals surface area contributed by atoms with Crippen LogP contribution >= 0.6 is 13.5 Å². The van der Waals surface area contributed by atoms with Gasteiger partial charge in [-0.1, -0.05) is 25.1 Å². The first-order valence-electron chi connectivity index (χ1n) is 11.0. The summed E-state index contributed by atoms with van der Waals surface area (Å²) in [6.07, 6.45) is 4.15. The molecule has 1 amide bonds. The Hall–Kier alpha value is -3.83. The van der Waals surface area contributed by atoms with Crippen LogP contribution in [-0.2, 0) is 6.61 Å². The highest BCUT2D eigenvalue weighted by Crippen LogP contribution is 2.28. The van der Waals surface area contributed by atoms with Crippen LogP contribution in [0.2, 0.25) is 0 Å². The molecule has 1 aromatic carbocycles. The molecule has 3 aromatic heterocycles. The molecule has 3 heterocycles. The van der Waals surface area contributed by atoms with Gasteiger partial charge in [-0.05, 0) is 11.6 Å². The van der Waals surface area contributed by atoms with E-state index >= 15 is 0 Å². The zero-order chi connectivity index (χ0) is 24.9. The molecule has 3 N–H and O–H groups in total. The highest BCUT2D eigenvalue weighted by molar-refractivity contribution is 7.59. The maximum atomic E-state index is 14.4. The first-order valence-corrected chi connectivity index (χ1v) is 11.0. The van der Waals surface area contributed by atoms with Gasteiger partial charge in [-0.25, -0.2) is 19.3 Å². The number of carbonyl (C=O) groups is 1. The van der Waals surface area contributed by atoms with Crippen molar-refractivity contribution in [1.29, 1.82) is 0 Å². The van der Waals surface area contributed by atoms with Gasteiger partial charge in [-0.3, -0.25) is 9.78 Å². The third-order valence-electron chi connectivity index (χ3n) is 5.71. The number of halogens is 1. The number of rotatable bonds is 8. The smallest absolute Gasteiger partial charge is 0.254 e.